The number of carbonyl (C=O) groups is 1. The van der Waals surface area contributed by atoms with Gasteiger partial charge in [0, 0.05) is 29.4 Å². The number of anilines is 1. The summed E-state index contributed by atoms with van der Waals surface area (Å²) >= 11 is 0. The van der Waals surface area contributed by atoms with Crippen LogP contribution >= 0.6 is 0 Å². The first-order valence-corrected chi connectivity index (χ1v) is 9.23. The van der Waals surface area contributed by atoms with Crippen LogP contribution in [0.1, 0.15) is 13.8 Å². The molecule has 9 heteroatoms. The molecule has 1 N–H and O–H groups in total. The van der Waals surface area contributed by atoms with Crippen molar-refractivity contribution in [1.29, 1.82) is 0 Å². The van der Waals surface area contributed by atoms with Gasteiger partial charge in [0.1, 0.15) is 11.6 Å². The highest BCUT2D eigenvalue weighted by atomic mass is 19.4. The molecule has 0 saturated heterocycles. The molecule has 0 atom stereocenters. The summed E-state index contributed by atoms with van der Waals surface area (Å²) in [4.78, 5) is 24.9. The van der Waals surface area contributed by atoms with Crippen molar-refractivity contribution in [3.05, 3.63) is 77.0 Å². The standard InChI is InChI=1S/C22H18F4N2O3/c1-13(2)21(30)27-19-11-20(29)28(12-18(19)14-3-5-15(23)6-4-14)16-7-9-17(10-8-16)31-22(24,25)26/h3-13H,1-2H3,(H,27,30). The Morgan fingerprint density at radius 2 is 1.65 bits per heavy atom. The van der Waals surface area contributed by atoms with E-state index in [0.29, 0.717) is 11.1 Å². The molecule has 0 aliphatic rings. The highest BCUT2D eigenvalue weighted by molar-refractivity contribution is 5.96. The van der Waals surface area contributed by atoms with Gasteiger partial charge in [-0.25, -0.2) is 4.39 Å². The molecule has 0 radical (unpaired) electrons. The lowest BCUT2D eigenvalue weighted by molar-refractivity contribution is -0.274. The lowest BCUT2D eigenvalue weighted by Gasteiger charge is -2.16. The van der Waals surface area contributed by atoms with E-state index in [2.05, 4.69) is 10.1 Å². The Kier molecular flexibility index (Phi) is 6.14. The van der Waals surface area contributed by atoms with Crippen LogP contribution in [-0.2, 0) is 4.79 Å². The molecule has 0 fully saturated rings. The lowest BCUT2D eigenvalue weighted by atomic mass is 10.0. The van der Waals surface area contributed by atoms with Crippen molar-refractivity contribution in [2.75, 3.05) is 5.32 Å². The van der Waals surface area contributed by atoms with Gasteiger partial charge in [0.05, 0.1) is 5.69 Å². The van der Waals surface area contributed by atoms with Gasteiger partial charge in [-0.15, -0.1) is 13.2 Å². The molecule has 3 rings (SSSR count). The van der Waals surface area contributed by atoms with Crippen LogP contribution in [0.5, 0.6) is 5.75 Å². The molecule has 1 heterocycles. The van der Waals surface area contributed by atoms with E-state index in [9.17, 15) is 27.2 Å². The van der Waals surface area contributed by atoms with Crippen LogP contribution in [0.4, 0.5) is 23.2 Å². The number of alkyl halides is 3. The van der Waals surface area contributed by atoms with Gasteiger partial charge in [0.25, 0.3) is 5.56 Å². The fourth-order valence-electron chi connectivity index (χ4n) is 2.78. The number of benzene rings is 2. The number of ether oxygens (including phenoxy) is 1. The second-order valence-electron chi connectivity index (χ2n) is 7.00. The Hall–Kier alpha value is -3.62. The number of hydrogen-bond donors (Lipinski definition) is 1. The van der Waals surface area contributed by atoms with Gasteiger partial charge in [0.2, 0.25) is 5.91 Å². The first-order valence-electron chi connectivity index (χ1n) is 9.23. The predicted octanol–water partition coefficient (Wildman–Crippen LogP) is 5.14. The number of hydrogen-bond acceptors (Lipinski definition) is 3. The van der Waals surface area contributed by atoms with E-state index in [1.165, 1.54) is 53.2 Å². The molecule has 162 valence electrons. The van der Waals surface area contributed by atoms with Crippen LogP contribution in [0, 0.1) is 11.7 Å². The van der Waals surface area contributed by atoms with Gasteiger partial charge in [-0.1, -0.05) is 26.0 Å². The van der Waals surface area contributed by atoms with Crippen LogP contribution in [-0.4, -0.2) is 16.8 Å². The molecular formula is C22H18F4N2O3. The van der Waals surface area contributed by atoms with Crippen molar-refractivity contribution in [2.24, 2.45) is 5.92 Å². The average molecular weight is 434 g/mol. The maximum Gasteiger partial charge on any atom is 0.573 e. The van der Waals surface area contributed by atoms with Crippen LogP contribution < -0.4 is 15.6 Å². The number of pyridine rings is 1. The Bertz CT molecular complexity index is 1140. The molecule has 1 amide bonds. The molecule has 3 aromatic rings. The van der Waals surface area contributed by atoms with E-state index in [4.69, 9.17) is 0 Å². The third kappa shape index (κ3) is 5.50. The summed E-state index contributed by atoms with van der Waals surface area (Å²) in [5, 5.41) is 2.69. The Morgan fingerprint density at radius 3 is 2.19 bits per heavy atom. The van der Waals surface area contributed by atoms with Crippen LogP contribution in [0.2, 0.25) is 0 Å². The fourth-order valence-corrected chi connectivity index (χ4v) is 2.78. The highest BCUT2D eigenvalue weighted by Crippen LogP contribution is 2.29. The zero-order valence-electron chi connectivity index (χ0n) is 16.5. The van der Waals surface area contributed by atoms with Crippen LogP contribution in [0.3, 0.4) is 0 Å². The minimum absolute atomic E-state index is 0.239. The zero-order chi connectivity index (χ0) is 22.8. The third-order valence-corrected chi connectivity index (χ3v) is 4.34. The summed E-state index contributed by atoms with van der Waals surface area (Å²) in [6, 6.07) is 11.4. The van der Waals surface area contributed by atoms with Crippen molar-refractivity contribution in [3.8, 4) is 22.6 Å². The minimum atomic E-state index is -4.83. The minimum Gasteiger partial charge on any atom is -0.406 e. The molecule has 0 aliphatic heterocycles. The van der Waals surface area contributed by atoms with E-state index < -0.39 is 23.5 Å². The summed E-state index contributed by atoms with van der Waals surface area (Å²) in [6.07, 6.45) is -3.39. The van der Waals surface area contributed by atoms with E-state index in [1.807, 2.05) is 0 Å². The topological polar surface area (TPSA) is 60.3 Å². The van der Waals surface area contributed by atoms with E-state index >= 15 is 0 Å². The van der Waals surface area contributed by atoms with Crippen LogP contribution in [0.15, 0.2) is 65.6 Å². The van der Waals surface area contributed by atoms with E-state index in [1.54, 1.807) is 13.8 Å². The van der Waals surface area contributed by atoms with Crippen molar-refractivity contribution < 1.29 is 27.1 Å². The van der Waals surface area contributed by atoms with Crippen molar-refractivity contribution >= 4 is 11.6 Å². The second-order valence-corrected chi connectivity index (χ2v) is 7.00. The lowest BCUT2D eigenvalue weighted by Crippen LogP contribution is -2.23. The summed E-state index contributed by atoms with van der Waals surface area (Å²) in [5.41, 5.74) is 0.970. The quantitative estimate of drug-likeness (QED) is 0.566. The number of amides is 1. The summed E-state index contributed by atoms with van der Waals surface area (Å²) < 4.78 is 55.5. The molecule has 0 spiro atoms. The summed E-state index contributed by atoms with van der Waals surface area (Å²) in [6.45, 7) is 3.39. The number of aromatic nitrogens is 1. The number of rotatable bonds is 5. The van der Waals surface area contributed by atoms with Gasteiger partial charge in [-0.05, 0) is 42.0 Å². The summed E-state index contributed by atoms with van der Waals surface area (Å²) in [5.74, 6) is -1.53. The first kappa shape index (κ1) is 22.1. The Balaban J connectivity index is 2.08. The third-order valence-electron chi connectivity index (χ3n) is 4.34. The molecular weight excluding hydrogens is 416 g/mol. The normalized spacial score (nSPS) is 11.5. The molecule has 2 aromatic carbocycles. The van der Waals surface area contributed by atoms with Crippen LogP contribution in [0.25, 0.3) is 16.8 Å². The monoisotopic (exact) mass is 434 g/mol. The molecule has 0 saturated carbocycles. The van der Waals surface area contributed by atoms with E-state index in [-0.39, 0.29) is 23.2 Å². The fraction of sp³-hybridized carbons (Fsp3) is 0.182. The number of carbonyl (C=O) groups excluding carboxylic acids is 1. The molecule has 1 aromatic heterocycles. The predicted molar refractivity (Wildman–Crippen MR) is 108 cm³/mol. The highest BCUT2D eigenvalue weighted by Gasteiger charge is 2.31. The average Bonchev–Trinajstić information content (AvgIpc) is 2.68. The molecule has 0 aliphatic carbocycles. The maximum atomic E-state index is 13.4. The van der Waals surface area contributed by atoms with E-state index in [0.717, 1.165) is 12.1 Å². The molecule has 31 heavy (non-hydrogen) atoms. The van der Waals surface area contributed by atoms with Gasteiger partial charge < -0.3 is 10.1 Å². The smallest absolute Gasteiger partial charge is 0.406 e. The van der Waals surface area contributed by atoms with Gasteiger partial charge in [-0.2, -0.15) is 0 Å². The van der Waals surface area contributed by atoms with Gasteiger partial charge >= 0.3 is 6.36 Å². The van der Waals surface area contributed by atoms with Gasteiger partial charge in [0.15, 0.2) is 0 Å². The Labute approximate surface area is 174 Å². The summed E-state index contributed by atoms with van der Waals surface area (Å²) in [7, 11) is 0. The van der Waals surface area contributed by atoms with Crippen molar-refractivity contribution in [3.63, 3.8) is 0 Å². The largest absolute Gasteiger partial charge is 0.573 e. The maximum absolute atomic E-state index is 13.4. The van der Waals surface area contributed by atoms with Crippen molar-refractivity contribution in [2.45, 2.75) is 20.2 Å². The SMILES string of the molecule is CC(C)C(=O)Nc1cc(=O)n(-c2ccc(OC(F)(F)F)cc2)cc1-c1ccc(F)cc1. The number of nitrogens with zero attached hydrogens (tertiary/aromatic N) is 1. The zero-order valence-corrected chi connectivity index (χ0v) is 16.5. The molecule has 5 nitrogen and oxygen atoms in total. The second kappa shape index (κ2) is 8.63. The number of nitrogens with one attached hydrogen (secondary N) is 1. The Morgan fingerprint density at radius 1 is 1.03 bits per heavy atom. The molecule has 0 bridgehead atoms. The van der Waals surface area contributed by atoms with Crippen molar-refractivity contribution in [1.82, 2.24) is 4.57 Å². The first-order chi connectivity index (χ1) is 14.5. The molecule has 0 unspecified atom stereocenters. The van der Waals surface area contributed by atoms with Gasteiger partial charge in [-0.3, -0.25) is 14.2 Å². The number of halogens is 4.